The van der Waals surface area contributed by atoms with Gasteiger partial charge in [0.1, 0.15) is 0 Å². The van der Waals surface area contributed by atoms with Crippen molar-refractivity contribution in [2.24, 2.45) is 5.92 Å². The summed E-state index contributed by atoms with van der Waals surface area (Å²) >= 11 is 0. The summed E-state index contributed by atoms with van der Waals surface area (Å²) in [6.45, 7) is 2.43. The van der Waals surface area contributed by atoms with Crippen LogP contribution >= 0.6 is 12.4 Å². The van der Waals surface area contributed by atoms with E-state index in [2.05, 4.69) is 15.2 Å². The fourth-order valence-corrected chi connectivity index (χ4v) is 3.95. The third-order valence-corrected chi connectivity index (χ3v) is 5.41. The molecule has 1 aromatic carbocycles. The Bertz CT molecular complexity index is 713. The molecule has 1 atom stereocenters. The largest absolute Gasteiger partial charge is 0.356 e. The molecule has 2 N–H and O–H groups in total. The van der Waals surface area contributed by atoms with Crippen LogP contribution in [0.3, 0.4) is 0 Å². The topological polar surface area (TPSA) is 84.2 Å². The lowest BCUT2D eigenvalue weighted by atomic mass is 10.1. The highest BCUT2D eigenvalue weighted by Crippen LogP contribution is 2.26. The van der Waals surface area contributed by atoms with E-state index in [1.54, 1.807) is 30.3 Å². The van der Waals surface area contributed by atoms with Crippen LogP contribution in [0.4, 0.5) is 0 Å². The van der Waals surface area contributed by atoms with Crippen LogP contribution in [-0.2, 0) is 10.0 Å². The van der Waals surface area contributed by atoms with Gasteiger partial charge in [-0.1, -0.05) is 17.3 Å². The minimum Gasteiger partial charge on any atom is -0.356 e. The molecule has 23 heavy (non-hydrogen) atoms. The first-order valence-electron chi connectivity index (χ1n) is 7.37. The highest BCUT2D eigenvalue weighted by Gasteiger charge is 2.21. The number of nitrogens with zero attached hydrogens (tertiary/aromatic N) is 1. The first kappa shape index (κ1) is 17.9. The van der Waals surface area contributed by atoms with E-state index in [1.165, 1.54) is 6.20 Å². The minimum absolute atomic E-state index is 0. The molecular weight excluding hydrogens is 338 g/mol. The molecule has 3 rings (SSSR count). The van der Waals surface area contributed by atoms with Crippen molar-refractivity contribution in [1.82, 2.24) is 15.2 Å². The van der Waals surface area contributed by atoms with E-state index in [0.717, 1.165) is 25.9 Å². The monoisotopic (exact) mass is 357 g/mol. The fourth-order valence-electron chi connectivity index (χ4n) is 2.70. The van der Waals surface area contributed by atoms with Crippen molar-refractivity contribution < 1.29 is 12.9 Å². The van der Waals surface area contributed by atoms with Gasteiger partial charge in [-0.3, -0.25) is 0 Å². The molecule has 126 valence electrons. The van der Waals surface area contributed by atoms with Gasteiger partial charge in [-0.05, 0) is 44.0 Å². The zero-order valence-corrected chi connectivity index (χ0v) is 14.2. The van der Waals surface area contributed by atoms with Gasteiger partial charge in [-0.25, -0.2) is 13.1 Å². The van der Waals surface area contributed by atoms with Gasteiger partial charge < -0.3 is 9.84 Å². The molecule has 0 radical (unpaired) electrons. The van der Waals surface area contributed by atoms with Crippen LogP contribution in [0.1, 0.15) is 12.8 Å². The molecular formula is C15H20ClN3O3S. The van der Waals surface area contributed by atoms with E-state index in [4.69, 9.17) is 4.52 Å². The molecule has 2 heterocycles. The Morgan fingerprint density at radius 1 is 1.30 bits per heavy atom. The van der Waals surface area contributed by atoms with Crippen LogP contribution in [0.5, 0.6) is 0 Å². The van der Waals surface area contributed by atoms with Crippen LogP contribution in [0.2, 0.25) is 0 Å². The molecule has 0 bridgehead atoms. The highest BCUT2D eigenvalue weighted by molar-refractivity contribution is 7.89. The second-order valence-corrected chi connectivity index (χ2v) is 7.15. The molecule has 1 aliphatic heterocycles. The molecule has 8 heteroatoms. The van der Waals surface area contributed by atoms with Crippen molar-refractivity contribution in [3.05, 3.63) is 36.5 Å². The van der Waals surface area contributed by atoms with E-state index < -0.39 is 10.0 Å². The summed E-state index contributed by atoms with van der Waals surface area (Å²) < 4.78 is 32.8. The third kappa shape index (κ3) is 4.32. The van der Waals surface area contributed by atoms with Gasteiger partial charge in [0.25, 0.3) is 0 Å². The molecule has 6 nitrogen and oxygen atoms in total. The predicted octanol–water partition coefficient (Wildman–Crippen LogP) is 2.04. The van der Waals surface area contributed by atoms with Crippen LogP contribution < -0.4 is 10.0 Å². The molecule has 1 aliphatic rings. The molecule has 1 unspecified atom stereocenters. The number of aromatic nitrogens is 1. The first-order chi connectivity index (χ1) is 10.7. The predicted molar refractivity (Wildman–Crippen MR) is 90.0 cm³/mol. The van der Waals surface area contributed by atoms with Crippen molar-refractivity contribution in [2.75, 3.05) is 19.6 Å². The number of nitrogens with one attached hydrogen (secondary N) is 2. The second-order valence-electron chi connectivity index (χ2n) is 5.42. The van der Waals surface area contributed by atoms with Gasteiger partial charge in [0.15, 0.2) is 5.76 Å². The Hall–Kier alpha value is -1.41. The third-order valence-electron chi connectivity index (χ3n) is 3.89. The Kier molecular flexibility index (Phi) is 6.17. The Morgan fingerprint density at radius 3 is 2.83 bits per heavy atom. The van der Waals surface area contributed by atoms with Gasteiger partial charge in [0.2, 0.25) is 10.0 Å². The molecule has 0 aliphatic carbocycles. The first-order valence-corrected chi connectivity index (χ1v) is 8.85. The number of sulfonamides is 1. The average Bonchev–Trinajstić information content (AvgIpc) is 3.20. The molecule has 1 fully saturated rings. The molecule has 0 spiro atoms. The van der Waals surface area contributed by atoms with Crippen molar-refractivity contribution in [2.45, 2.75) is 17.7 Å². The number of benzene rings is 1. The van der Waals surface area contributed by atoms with Gasteiger partial charge in [-0.15, -0.1) is 12.4 Å². The molecule has 0 saturated carbocycles. The molecule has 2 aromatic rings. The van der Waals surface area contributed by atoms with Gasteiger partial charge in [0.05, 0.1) is 11.1 Å². The van der Waals surface area contributed by atoms with E-state index >= 15 is 0 Å². The van der Waals surface area contributed by atoms with Crippen LogP contribution in [0.25, 0.3) is 11.3 Å². The van der Waals surface area contributed by atoms with E-state index in [9.17, 15) is 8.42 Å². The van der Waals surface area contributed by atoms with E-state index in [1.807, 2.05) is 0 Å². The van der Waals surface area contributed by atoms with Gasteiger partial charge >= 0.3 is 0 Å². The standard InChI is InChI=1S/C15H19N3O3S.ClH/c19-22(20,18-10-6-12-5-8-16-11-12)15-4-2-1-3-13(15)14-7-9-17-21-14;/h1-4,7,9,12,16,18H,5-6,8,10-11H2;1H. The summed E-state index contributed by atoms with van der Waals surface area (Å²) in [6.07, 6.45) is 3.45. The van der Waals surface area contributed by atoms with Crippen molar-refractivity contribution in [1.29, 1.82) is 0 Å². The fraction of sp³-hybridized carbons (Fsp3) is 0.400. The minimum atomic E-state index is -3.57. The number of halogens is 1. The Morgan fingerprint density at radius 2 is 2.13 bits per heavy atom. The lowest BCUT2D eigenvalue weighted by molar-refractivity contribution is 0.431. The second kappa shape index (κ2) is 7.92. The normalized spacial score (nSPS) is 17.8. The van der Waals surface area contributed by atoms with E-state index in [-0.39, 0.29) is 17.3 Å². The maximum Gasteiger partial charge on any atom is 0.241 e. The van der Waals surface area contributed by atoms with Crippen molar-refractivity contribution in [3.8, 4) is 11.3 Å². The summed E-state index contributed by atoms with van der Waals surface area (Å²) in [5, 5.41) is 6.92. The van der Waals surface area contributed by atoms with Crippen LogP contribution in [0.15, 0.2) is 45.9 Å². The lowest BCUT2D eigenvalue weighted by Gasteiger charge is -2.12. The summed E-state index contributed by atoms with van der Waals surface area (Å²) in [7, 11) is -3.57. The Labute approximate surface area is 142 Å². The number of hydrogen-bond donors (Lipinski definition) is 2. The van der Waals surface area contributed by atoms with Crippen molar-refractivity contribution >= 4 is 22.4 Å². The number of hydrogen-bond acceptors (Lipinski definition) is 5. The van der Waals surface area contributed by atoms with Gasteiger partial charge in [-0.2, -0.15) is 0 Å². The highest BCUT2D eigenvalue weighted by atomic mass is 35.5. The molecule has 1 saturated heterocycles. The summed E-state index contributed by atoms with van der Waals surface area (Å²) in [6, 6.07) is 8.43. The molecule has 0 amide bonds. The SMILES string of the molecule is Cl.O=S(=O)(NCCC1CCNC1)c1ccccc1-c1ccno1. The Balaban J connectivity index is 0.00000192. The quantitative estimate of drug-likeness (QED) is 0.826. The maximum atomic E-state index is 12.5. The summed E-state index contributed by atoms with van der Waals surface area (Å²) in [5.41, 5.74) is 0.523. The van der Waals surface area contributed by atoms with E-state index in [0.29, 0.717) is 23.8 Å². The van der Waals surface area contributed by atoms with Crippen LogP contribution in [-0.4, -0.2) is 33.2 Å². The lowest BCUT2D eigenvalue weighted by Crippen LogP contribution is -2.27. The summed E-state index contributed by atoms with van der Waals surface area (Å²) in [4.78, 5) is 0.219. The smallest absolute Gasteiger partial charge is 0.241 e. The average molecular weight is 358 g/mol. The van der Waals surface area contributed by atoms with Crippen LogP contribution in [0, 0.1) is 5.92 Å². The van der Waals surface area contributed by atoms with Gasteiger partial charge in [0, 0.05) is 18.2 Å². The zero-order valence-electron chi connectivity index (χ0n) is 12.6. The molecule has 1 aromatic heterocycles. The summed E-state index contributed by atoms with van der Waals surface area (Å²) in [5.74, 6) is 0.994. The number of rotatable bonds is 6. The maximum absolute atomic E-state index is 12.5. The van der Waals surface area contributed by atoms with Crippen molar-refractivity contribution in [3.63, 3.8) is 0 Å². The zero-order chi connectivity index (χ0) is 15.4.